The van der Waals surface area contributed by atoms with E-state index in [2.05, 4.69) is 67.0 Å². The fourth-order valence-electron chi connectivity index (χ4n) is 3.51. The van der Waals surface area contributed by atoms with Crippen LogP contribution in [0.1, 0.15) is 109 Å². The average Bonchev–Trinajstić information content (AvgIpc) is 2.59. The van der Waals surface area contributed by atoms with E-state index in [9.17, 15) is 0 Å². The van der Waals surface area contributed by atoms with Gasteiger partial charge in [-0.3, -0.25) is 4.72 Å². The molecule has 1 N–H and O–H groups in total. The normalized spacial score (nSPS) is 13.3. The quantitative estimate of drug-likeness (QED) is 0.288. The zero-order chi connectivity index (χ0) is 21.4. The molecule has 0 aromatic rings. The molecule has 162 valence electrons. The van der Waals surface area contributed by atoms with Crippen molar-refractivity contribution in [2.24, 2.45) is 5.41 Å². The van der Waals surface area contributed by atoms with Crippen molar-refractivity contribution in [3.8, 4) is 0 Å². The van der Waals surface area contributed by atoms with E-state index in [0.29, 0.717) is 16.2 Å². The van der Waals surface area contributed by atoms with Crippen LogP contribution in [0.4, 0.5) is 0 Å². The molecular formula is C23H55N2S+. The van der Waals surface area contributed by atoms with Crippen LogP contribution in [-0.2, 0) is 0 Å². The molecule has 3 heteroatoms. The molecule has 0 radical (unpaired) electrons. The van der Waals surface area contributed by atoms with Gasteiger partial charge >= 0.3 is 0 Å². The van der Waals surface area contributed by atoms with Crippen molar-refractivity contribution in [2.75, 3.05) is 26.2 Å². The third-order valence-electron chi connectivity index (χ3n) is 4.77. The molecule has 0 spiro atoms. The third kappa shape index (κ3) is 16.4. The van der Waals surface area contributed by atoms with Crippen molar-refractivity contribution in [3.63, 3.8) is 0 Å². The van der Waals surface area contributed by atoms with Crippen molar-refractivity contribution in [1.82, 2.24) is 4.72 Å². The first-order valence-corrected chi connectivity index (χ1v) is 12.1. The maximum atomic E-state index is 3.70. The van der Waals surface area contributed by atoms with Gasteiger partial charge in [-0.2, -0.15) is 0 Å². The zero-order valence-corrected chi connectivity index (χ0v) is 21.7. The van der Waals surface area contributed by atoms with Crippen molar-refractivity contribution < 1.29 is 4.48 Å². The molecule has 26 heavy (non-hydrogen) atoms. The zero-order valence-electron chi connectivity index (χ0n) is 20.9. The van der Waals surface area contributed by atoms with Crippen LogP contribution in [-0.4, -0.2) is 41.5 Å². The van der Waals surface area contributed by atoms with Crippen LogP contribution in [0.5, 0.6) is 0 Å². The summed E-state index contributed by atoms with van der Waals surface area (Å²) in [7, 11) is 0. The van der Waals surface area contributed by atoms with Gasteiger partial charge < -0.3 is 4.48 Å². The Hall–Kier alpha value is 0.270. The average molecular weight is 392 g/mol. The fourth-order valence-corrected chi connectivity index (χ4v) is 4.65. The van der Waals surface area contributed by atoms with E-state index in [1.54, 1.807) is 0 Å². The number of hydrogen-bond acceptors (Lipinski definition) is 2. The second-order valence-corrected chi connectivity index (χ2v) is 10.3. The Labute approximate surface area is 173 Å². The largest absolute Gasteiger partial charge is 0.324 e. The number of hydrogen-bond donors (Lipinski definition) is 1. The standard InChI is InChI=1S/C19H43N2S.2C2H6/c1-10-21(11-2,12-3)15-13-14-17(4)20-22-19(8,9)16-18(5,6)7;2*1-2/h17,20H,10-16H2,1-9H3;2*1-2H3/q+1;;. The minimum atomic E-state index is 0.294. The Morgan fingerprint density at radius 1 is 0.846 bits per heavy atom. The second kappa shape index (κ2) is 16.2. The summed E-state index contributed by atoms with van der Waals surface area (Å²) < 4.78 is 5.26. The van der Waals surface area contributed by atoms with E-state index < -0.39 is 0 Å². The predicted octanol–water partition coefficient (Wildman–Crippen LogP) is 7.54. The molecule has 0 aliphatic carbocycles. The van der Waals surface area contributed by atoms with Crippen molar-refractivity contribution in [1.29, 1.82) is 0 Å². The number of quaternary nitrogens is 1. The third-order valence-corrected chi connectivity index (χ3v) is 5.99. The van der Waals surface area contributed by atoms with Crippen LogP contribution in [0, 0.1) is 5.41 Å². The topological polar surface area (TPSA) is 12.0 Å². The number of nitrogens with one attached hydrogen (secondary N) is 1. The summed E-state index contributed by atoms with van der Waals surface area (Å²) in [5, 5.41) is 0. The molecule has 0 aliphatic rings. The summed E-state index contributed by atoms with van der Waals surface area (Å²) in [6, 6.07) is 0.594. The molecule has 1 atom stereocenters. The molecule has 0 rings (SSSR count). The Morgan fingerprint density at radius 2 is 1.27 bits per heavy atom. The molecule has 0 saturated carbocycles. The second-order valence-electron chi connectivity index (χ2n) is 8.77. The first-order valence-electron chi connectivity index (χ1n) is 11.3. The smallest absolute Gasteiger partial charge is 0.0786 e. The Kier molecular flexibility index (Phi) is 19.4. The van der Waals surface area contributed by atoms with Gasteiger partial charge in [0.2, 0.25) is 0 Å². The Bertz CT molecular complexity index is 283. The highest BCUT2D eigenvalue weighted by molar-refractivity contribution is 7.98. The van der Waals surface area contributed by atoms with Gasteiger partial charge in [-0.05, 0) is 66.2 Å². The monoisotopic (exact) mass is 391 g/mol. The molecule has 0 aliphatic heterocycles. The van der Waals surface area contributed by atoms with E-state index in [1.165, 1.54) is 49.9 Å². The predicted molar refractivity (Wildman–Crippen MR) is 127 cm³/mol. The van der Waals surface area contributed by atoms with Gasteiger partial charge in [0, 0.05) is 10.8 Å². The first kappa shape index (κ1) is 31.0. The molecular weight excluding hydrogens is 336 g/mol. The molecule has 0 bridgehead atoms. The van der Waals surface area contributed by atoms with Gasteiger partial charge in [0.05, 0.1) is 26.2 Å². The highest BCUT2D eigenvalue weighted by atomic mass is 32.2. The Morgan fingerprint density at radius 3 is 1.62 bits per heavy atom. The first-order chi connectivity index (χ1) is 12.0. The van der Waals surface area contributed by atoms with Crippen LogP contribution >= 0.6 is 11.9 Å². The molecule has 0 amide bonds. The SMILES string of the molecule is CC.CC.CC[N+](CC)(CC)CCCC(C)NSC(C)(C)CC(C)(C)C. The molecule has 0 saturated heterocycles. The van der Waals surface area contributed by atoms with Crippen LogP contribution in [0.3, 0.4) is 0 Å². The highest BCUT2D eigenvalue weighted by Crippen LogP contribution is 2.35. The lowest BCUT2D eigenvalue weighted by molar-refractivity contribution is -0.923. The number of rotatable bonds is 11. The molecule has 0 heterocycles. The lowest BCUT2D eigenvalue weighted by atomic mass is 9.86. The van der Waals surface area contributed by atoms with Crippen molar-refractivity contribution in [2.45, 2.75) is 120 Å². The fraction of sp³-hybridized carbons (Fsp3) is 1.00. The van der Waals surface area contributed by atoms with E-state index in [-0.39, 0.29) is 0 Å². The lowest BCUT2D eigenvalue weighted by Gasteiger charge is -2.36. The van der Waals surface area contributed by atoms with Crippen LogP contribution in [0.15, 0.2) is 0 Å². The summed E-state index contributed by atoms with van der Waals surface area (Å²) >= 11 is 1.93. The maximum Gasteiger partial charge on any atom is 0.0786 e. The van der Waals surface area contributed by atoms with Gasteiger partial charge in [-0.25, -0.2) is 0 Å². The summed E-state index contributed by atoms with van der Waals surface area (Å²) in [6.07, 6.45) is 3.83. The Balaban J connectivity index is -0.00000123. The van der Waals surface area contributed by atoms with Crippen LogP contribution < -0.4 is 4.72 Å². The molecule has 1 unspecified atom stereocenters. The highest BCUT2D eigenvalue weighted by Gasteiger charge is 2.27. The minimum absolute atomic E-state index is 0.294. The van der Waals surface area contributed by atoms with E-state index in [4.69, 9.17) is 0 Å². The van der Waals surface area contributed by atoms with E-state index >= 15 is 0 Å². The molecule has 2 nitrogen and oxygen atoms in total. The van der Waals surface area contributed by atoms with Gasteiger partial charge in [0.15, 0.2) is 0 Å². The van der Waals surface area contributed by atoms with Gasteiger partial charge in [0.1, 0.15) is 0 Å². The summed E-state index contributed by atoms with van der Waals surface area (Å²) in [5.74, 6) is 0. The van der Waals surface area contributed by atoms with E-state index in [0.717, 1.165) is 0 Å². The molecule has 0 aromatic carbocycles. The summed E-state index contributed by atoms with van der Waals surface area (Å²) in [6.45, 7) is 34.2. The summed E-state index contributed by atoms with van der Waals surface area (Å²) in [4.78, 5) is 0. The summed E-state index contributed by atoms with van der Waals surface area (Å²) in [5.41, 5.74) is 0.391. The van der Waals surface area contributed by atoms with E-state index in [1.807, 2.05) is 39.6 Å². The van der Waals surface area contributed by atoms with Gasteiger partial charge in [0.25, 0.3) is 0 Å². The number of nitrogens with zero attached hydrogens (tertiary/aromatic N) is 1. The van der Waals surface area contributed by atoms with Crippen molar-refractivity contribution in [3.05, 3.63) is 0 Å². The molecule has 0 aromatic heterocycles. The van der Waals surface area contributed by atoms with Crippen LogP contribution in [0.2, 0.25) is 0 Å². The van der Waals surface area contributed by atoms with Crippen molar-refractivity contribution >= 4 is 11.9 Å². The molecule has 0 fully saturated rings. The lowest BCUT2D eigenvalue weighted by Crippen LogP contribution is -2.48. The minimum Gasteiger partial charge on any atom is -0.324 e. The van der Waals surface area contributed by atoms with Crippen LogP contribution in [0.25, 0.3) is 0 Å². The van der Waals surface area contributed by atoms with Gasteiger partial charge in [-0.15, -0.1) is 0 Å². The van der Waals surface area contributed by atoms with Gasteiger partial charge in [-0.1, -0.05) is 60.4 Å². The maximum absolute atomic E-state index is 3.70.